The van der Waals surface area contributed by atoms with E-state index in [1.165, 1.54) is 25.7 Å². The Morgan fingerprint density at radius 1 is 0.882 bits per heavy atom. The molecule has 0 aliphatic heterocycles. The van der Waals surface area contributed by atoms with Crippen molar-refractivity contribution in [3.8, 4) is 0 Å². The molecule has 0 aromatic rings. The van der Waals surface area contributed by atoms with E-state index in [9.17, 15) is 14.3 Å². The van der Waals surface area contributed by atoms with Gasteiger partial charge in [-0.05, 0) is 38.5 Å². The highest BCUT2D eigenvalue weighted by atomic mass is 31.2. The third-order valence-corrected chi connectivity index (χ3v) is 5.81. The molecule has 2 atom stereocenters. The minimum atomic E-state index is -4.23. The molecule has 0 aromatic heterocycles. The van der Waals surface area contributed by atoms with Crippen LogP contribution in [0.4, 0.5) is 0 Å². The van der Waals surface area contributed by atoms with Crippen molar-refractivity contribution in [2.45, 2.75) is 97.0 Å². The summed E-state index contributed by atoms with van der Waals surface area (Å²) in [6, 6.07) is 0. The van der Waals surface area contributed by atoms with E-state index < -0.39 is 19.9 Å². The van der Waals surface area contributed by atoms with Crippen LogP contribution < -0.4 is 5.73 Å². The fourth-order valence-electron chi connectivity index (χ4n) is 3.01. The van der Waals surface area contributed by atoms with E-state index in [0.29, 0.717) is 13.0 Å². The van der Waals surface area contributed by atoms with E-state index in [4.69, 9.17) is 24.3 Å². The Morgan fingerprint density at radius 3 is 2.24 bits per heavy atom. The van der Waals surface area contributed by atoms with Crippen LogP contribution >= 0.6 is 7.82 Å². The van der Waals surface area contributed by atoms with Crippen molar-refractivity contribution in [3.63, 3.8) is 0 Å². The first-order chi connectivity index (χ1) is 16.4. The van der Waals surface area contributed by atoms with Crippen LogP contribution in [-0.4, -0.2) is 49.9 Å². The maximum absolute atomic E-state index is 11.8. The SMILES string of the molecule is CCC/C=C\C/C=C\CCCCCCCCOCC(COP(=O)(O)OCCN)OC(=O)CCC. The maximum atomic E-state index is 11.8. The molecule has 9 heteroatoms. The number of phosphoric acid groups is 1. The van der Waals surface area contributed by atoms with Gasteiger partial charge in [-0.3, -0.25) is 13.8 Å². The molecule has 2 unspecified atom stereocenters. The lowest BCUT2D eigenvalue weighted by Gasteiger charge is -2.19. The zero-order chi connectivity index (χ0) is 25.3. The van der Waals surface area contributed by atoms with Crippen molar-refractivity contribution in [1.82, 2.24) is 0 Å². The molecule has 0 radical (unpaired) electrons. The van der Waals surface area contributed by atoms with Gasteiger partial charge in [-0.25, -0.2) is 4.57 Å². The van der Waals surface area contributed by atoms with Crippen molar-refractivity contribution in [1.29, 1.82) is 0 Å². The first-order valence-corrected chi connectivity index (χ1v) is 14.3. The molecule has 0 aliphatic rings. The molecule has 0 spiro atoms. The van der Waals surface area contributed by atoms with Crippen LogP contribution in [0, 0.1) is 0 Å². The first kappa shape index (κ1) is 33.0. The van der Waals surface area contributed by atoms with Crippen LogP contribution in [0.15, 0.2) is 24.3 Å². The van der Waals surface area contributed by atoms with Crippen LogP contribution in [0.2, 0.25) is 0 Å². The van der Waals surface area contributed by atoms with Crippen molar-refractivity contribution >= 4 is 13.8 Å². The molecule has 0 heterocycles. The van der Waals surface area contributed by atoms with E-state index in [2.05, 4.69) is 31.2 Å². The standard InChI is InChI=1S/C25H48NO7P/c1-3-5-6-7-8-9-10-11-12-13-14-15-16-17-20-30-22-24(33-25(27)18-4-2)23-32-34(28,29)31-21-19-26/h6-7,9-10,24H,3-5,8,11-23,26H2,1-2H3,(H,28,29)/b7-6-,10-9-. The Balaban J connectivity index is 3.91. The Morgan fingerprint density at radius 2 is 1.56 bits per heavy atom. The fraction of sp³-hybridized carbons (Fsp3) is 0.800. The number of carbonyl (C=O) groups is 1. The molecule has 8 nitrogen and oxygen atoms in total. The summed E-state index contributed by atoms with van der Waals surface area (Å²) < 4.78 is 32.3. The van der Waals surface area contributed by atoms with Gasteiger partial charge in [0.1, 0.15) is 6.10 Å². The molecule has 0 aliphatic carbocycles. The molecule has 0 saturated carbocycles. The van der Waals surface area contributed by atoms with E-state index >= 15 is 0 Å². The summed E-state index contributed by atoms with van der Waals surface area (Å²) in [4.78, 5) is 21.4. The second-order valence-corrected chi connectivity index (χ2v) is 9.65. The van der Waals surface area contributed by atoms with Gasteiger partial charge in [-0.2, -0.15) is 0 Å². The lowest BCUT2D eigenvalue weighted by molar-refractivity contribution is -0.154. The number of phosphoric ester groups is 1. The Kier molecular flexibility index (Phi) is 23.0. The molecule has 0 rings (SSSR count). The maximum Gasteiger partial charge on any atom is 0.472 e. The smallest absolute Gasteiger partial charge is 0.457 e. The van der Waals surface area contributed by atoms with Crippen LogP contribution in [0.1, 0.15) is 90.9 Å². The number of ether oxygens (including phenoxy) is 2. The van der Waals surface area contributed by atoms with Gasteiger partial charge in [0.2, 0.25) is 0 Å². The fourth-order valence-corrected chi connectivity index (χ4v) is 3.77. The molecule has 0 bridgehead atoms. The van der Waals surface area contributed by atoms with Crippen molar-refractivity contribution in [2.75, 3.05) is 33.0 Å². The lowest BCUT2D eigenvalue weighted by atomic mass is 10.1. The number of esters is 1. The number of nitrogens with two attached hydrogens (primary N) is 1. The zero-order valence-electron chi connectivity index (χ0n) is 21.3. The second-order valence-electron chi connectivity index (χ2n) is 8.20. The second kappa shape index (κ2) is 23.7. The summed E-state index contributed by atoms with van der Waals surface area (Å²) in [6.07, 6.45) is 20.5. The number of rotatable bonds is 24. The highest BCUT2D eigenvalue weighted by Gasteiger charge is 2.24. The van der Waals surface area contributed by atoms with E-state index in [1.54, 1.807) is 0 Å². The number of hydrogen-bond donors (Lipinski definition) is 2. The van der Waals surface area contributed by atoms with Gasteiger partial charge in [0.05, 0.1) is 19.8 Å². The Hall–Kier alpha value is -1.02. The topological polar surface area (TPSA) is 117 Å². The summed E-state index contributed by atoms with van der Waals surface area (Å²) in [5.41, 5.74) is 5.26. The number of allylic oxidation sites excluding steroid dienone is 4. The third-order valence-electron chi connectivity index (χ3n) is 4.82. The van der Waals surface area contributed by atoms with Crippen LogP contribution in [0.3, 0.4) is 0 Å². The lowest BCUT2D eigenvalue weighted by Crippen LogP contribution is -2.28. The summed E-state index contributed by atoms with van der Waals surface area (Å²) in [5, 5.41) is 0. The number of unbranched alkanes of at least 4 members (excludes halogenated alkanes) is 7. The first-order valence-electron chi connectivity index (χ1n) is 12.8. The molecule has 3 N–H and O–H groups in total. The van der Waals surface area contributed by atoms with Gasteiger partial charge >= 0.3 is 13.8 Å². The van der Waals surface area contributed by atoms with Crippen LogP contribution in [0.5, 0.6) is 0 Å². The highest BCUT2D eigenvalue weighted by molar-refractivity contribution is 7.47. The van der Waals surface area contributed by atoms with Gasteiger partial charge in [0.15, 0.2) is 0 Å². The summed E-state index contributed by atoms with van der Waals surface area (Å²) in [5.74, 6) is -0.391. The monoisotopic (exact) mass is 505 g/mol. The largest absolute Gasteiger partial charge is 0.472 e. The van der Waals surface area contributed by atoms with Gasteiger partial charge in [-0.15, -0.1) is 0 Å². The Labute approximate surface area is 206 Å². The molecule has 0 saturated heterocycles. The van der Waals surface area contributed by atoms with E-state index in [0.717, 1.165) is 38.5 Å². The number of carbonyl (C=O) groups excluding carboxylic acids is 1. The number of hydrogen-bond acceptors (Lipinski definition) is 7. The zero-order valence-corrected chi connectivity index (χ0v) is 22.2. The summed E-state index contributed by atoms with van der Waals surface area (Å²) >= 11 is 0. The van der Waals surface area contributed by atoms with Crippen molar-refractivity contribution < 1.29 is 32.8 Å². The highest BCUT2D eigenvalue weighted by Crippen LogP contribution is 2.43. The molecule has 0 aromatic carbocycles. The van der Waals surface area contributed by atoms with Crippen LogP contribution in [0.25, 0.3) is 0 Å². The molecular weight excluding hydrogens is 457 g/mol. The van der Waals surface area contributed by atoms with Gasteiger partial charge in [0, 0.05) is 19.6 Å². The van der Waals surface area contributed by atoms with Crippen molar-refractivity contribution in [3.05, 3.63) is 24.3 Å². The van der Waals surface area contributed by atoms with Gasteiger partial charge in [0.25, 0.3) is 0 Å². The molecule has 0 fully saturated rings. The average Bonchev–Trinajstić information content (AvgIpc) is 2.81. The van der Waals surface area contributed by atoms with Crippen LogP contribution in [-0.2, 0) is 27.9 Å². The van der Waals surface area contributed by atoms with E-state index in [1.807, 2.05) is 6.92 Å². The average molecular weight is 506 g/mol. The van der Waals surface area contributed by atoms with Gasteiger partial charge in [-0.1, -0.05) is 70.3 Å². The normalized spacial score (nSPS) is 14.6. The predicted molar refractivity (Wildman–Crippen MR) is 137 cm³/mol. The van der Waals surface area contributed by atoms with Crippen molar-refractivity contribution in [2.24, 2.45) is 5.73 Å². The molecule has 34 heavy (non-hydrogen) atoms. The quantitative estimate of drug-likeness (QED) is 0.0727. The summed E-state index contributed by atoms with van der Waals surface area (Å²) in [7, 11) is -4.23. The third kappa shape index (κ3) is 22.8. The summed E-state index contributed by atoms with van der Waals surface area (Å²) in [6.45, 7) is 4.42. The minimum Gasteiger partial charge on any atom is -0.457 e. The predicted octanol–water partition coefficient (Wildman–Crippen LogP) is 5.84. The van der Waals surface area contributed by atoms with Gasteiger partial charge < -0.3 is 20.1 Å². The Bertz CT molecular complexity index is 584. The molecular formula is C25H48NO7P. The molecule has 200 valence electrons. The minimum absolute atomic E-state index is 0.0972. The molecule has 0 amide bonds. The van der Waals surface area contributed by atoms with E-state index in [-0.39, 0.29) is 32.8 Å².